The topological polar surface area (TPSA) is 172 Å². The van der Waals surface area contributed by atoms with Gasteiger partial charge in [0, 0.05) is 5.56 Å². The SMILES string of the molecule is COC(=O)c1cccc(C[N+]2(C)CCCC(NC(N)=NC(=O)c3nc(Cl)c(N)nc3N)C2)c1.[Cl-]. The highest BCUT2D eigenvalue weighted by atomic mass is 35.5. The molecule has 1 amide bonds. The number of aromatic nitrogens is 2. The molecule has 1 fully saturated rings. The first-order chi connectivity index (χ1) is 15.6. The van der Waals surface area contributed by atoms with Gasteiger partial charge in [0.1, 0.15) is 6.54 Å². The minimum atomic E-state index is -0.764. The number of esters is 1. The van der Waals surface area contributed by atoms with Crippen molar-refractivity contribution in [3.05, 3.63) is 46.2 Å². The molecule has 2 unspecified atom stereocenters. The van der Waals surface area contributed by atoms with E-state index in [0.717, 1.165) is 42.5 Å². The molecule has 0 saturated carbocycles. The second-order valence-corrected chi connectivity index (χ2v) is 8.65. The standard InChI is InChI=1S/C21H27ClN8O3.ClH/c1-30(10-12-5-3-6-13(9-12)20(32)33-2)8-4-7-14(11-30)26-21(25)29-19(31)15-17(23)28-18(24)16(22)27-15;/h3,5-6,9,14H,4,7-8,10-11H2,1-2H3,(H6-,23,24,25,26,28,29,31);1H. The van der Waals surface area contributed by atoms with Crippen molar-refractivity contribution in [1.29, 1.82) is 0 Å². The number of likely N-dealkylation sites (tertiary alicyclic amines) is 1. The second kappa shape index (κ2) is 11.3. The summed E-state index contributed by atoms with van der Waals surface area (Å²) in [5, 5.41) is 2.98. The summed E-state index contributed by atoms with van der Waals surface area (Å²) in [4.78, 5) is 35.7. The maximum Gasteiger partial charge on any atom is 0.337 e. The van der Waals surface area contributed by atoms with Crippen LogP contribution in [0.1, 0.15) is 39.3 Å². The average molecular weight is 511 g/mol. The number of benzene rings is 1. The van der Waals surface area contributed by atoms with Crippen LogP contribution in [0.3, 0.4) is 0 Å². The van der Waals surface area contributed by atoms with Gasteiger partial charge in [-0.2, -0.15) is 4.99 Å². The van der Waals surface area contributed by atoms with Gasteiger partial charge in [-0.3, -0.25) is 4.79 Å². The van der Waals surface area contributed by atoms with Gasteiger partial charge < -0.3 is 44.1 Å². The van der Waals surface area contributed by atoms with Gasteiger partial charge in [-0.25, -0.2) is 14.8 Å². The molecule has 11 nitrogen and oxygen atoms in total. The predicted octanol–water partition coefficient (Wildman–Crippen LogP) is -2.06. The van der Waals surface area contributed by atoms with Crippen molar-refractivity contribution in [1.82, 2.24) is 15.3 Å². The second-order valence-electron chi connectivity index (χ2n) is 8.29. The van der Waals surface area contributed by atoms with E-state index < -0.39 is 5.91 Å². The van der Waals surface area contributed by atoms with Crippen molar-refractivity contribution in [3.63, 3.8) is 0 Å². The van der Waals surface area contributed by atoms with Crippen LogP contribution in [0.2, 0.25) is 5.15 Å². The van der Waals surface area contributed by atoms with Crippen molar-refractivity contribution < 1.29 is 31.2 Å². The quantitative estimate of drug-likeness (QED) is 0.152. The molecule has 184 valence electrons. The van der Waals surface area contributed by atoms with E-state index >= 15 is 0 Å². The van der Waals surface area contributed by atoms with E-state index in [4.69, 9.17) is 33.5 Å². The molecule has 0 bridgehead atoms. The highest BCUT2D eigenvalue weighted by molar-refractivity contribution is 6.31. The first-order valence-electron chi connectivity index (χ1n) is 10.3. The number of carbonyl (C=O) groups is 2. The number of nitrogens with zero attached hydrogens (tertiary/aromatic N) is 4. The van der Waals surface area contributed by atoms with E-state index in [-0.39, 0.29) is 52.9 Å². The summed E-state index contributed by atoms with van der Waals surface area (Å²) >= 11 is 5.83. The highest BCUT2D eigenvalue weighted by Gasteiger charge is 2.32. The van der Waals surface area contributed by atoms with Gasteiger partial charge in [0.25, 0.3) is 0 Å². The van der Waals surface area contributed by atoms with Crippen LogP contribution in [-0.2, 0) is 11.3 Å². The lowest BCUT2D eigenvalue weighted by Gasteiger charge is -2.41. The third-order valence-corrected chi connectivity index (χ3v) is 5.78. The normalized spacial score (nSPS) is 20.2. The van der Waals surface area contributed by atoms with Crippen LogP contribution in [0.25, 0.3) is 0 Å². The van der Waals surface area contributed by atoms with E-state index in [0.29, 0.717) is 5.56 Å². The summed E-state index contributed by atoms with van der Waals surface area (Å²) < 4.78 is 5.54. The number of anilines is 2. The van der Waals surface area contributed by atoms with Gasteiger partial charge in [0.05, 0.1) is 38.9 Å². The minimum Gasteiger partial charge on any atom is -1.00 e. The van der Waals surface area contributed by atoms with Crippen molar-refractivity contribution >= 4 is 41.1 Å². The molecule has 0 aliphatic carbocycles. The fourth-order valence-corrected chi connectivity index (χ4v) is 4.18. The van der Waals surface area contributed by atoms with Crippen molar-refractivity contribution in [2.24, 2.45) is 10.7 Å². The Labute approximate surface area is 208 Å². The number of methoxy groups -OCH3 is 1. The van der Waals surface area contributed by atoms with Crippen LogP contribution in [0.5, 0.6) is 0 Å². The van der Waals surface area contributed by atoms with Crippen LogP contribution in [0, 0.1) is 0 Å². The summed E-state index contributed by atoms with van der Waals surface area (Å²) in [6.07, 6.45) is 1.83. The third kappa shape index (κ3) is 6.69. The van der Waals surface area contributed by atoms with Crippen LogP contribution in [0.15, 0.2) is 29.3 Å². The number of nitrogens with one attached hydrogen (secondary N) is 1. The molecule has 1 aromatic heterocycles. The first kappa shape index (κ1) is 27.1. The first-order valence-corrected chi connectivity index (χ1v) is 10.7. The Morgan fingerprint density at radius 2 is 2.03 bits per heavy atom. The molecule has 7 N–H and O–H groups in total. The van der Waals surface area contributed by atoms with Crippen molar-refractivity contribution in [2.45, 2.75) is 25.4 Å². The number of piperidine rings is 1. The molecule has 1 aromatic carbocycles. The smallest absolute Gasteiger partial charge is 0.337 e. The zero-order chi connectivity index (χ0) is 24.2. The molecular weight excluding hydrogens is 483 g/mol. The van der Waals surface area contributed by atoms with Gasteiger partial charge in [0.2, 0.25) is 0 Å². The number of hydrogen-bond acceptors (Lipinski definition) is 7. The Bertz CT molecular complexity index is 1100. The molecule has 0 radical (unpaired) electrons. The number of guanidine groups is 1. The van der Waals surface area contributed by atoms with Gasteiger partial charge >= 0.3 is 11.9 Å². The number of halogens is 2. The maximum absolute atomic E-state index is 12.4. The van der Waals surface area contributed by atoms with Crippen LogP contribution in [0.4, 0.5) is 11.6 Å². The number of ether oxygens (including phenoxy) is 1. The Hall–Kier alpha value is -3.15. The van der Waals surface area contributed by atoms with Crippen molar-refractivity contribution in [2.75, 3.05) is 38.7 Å². The van der Waals surface area contributed by atoms with E-state index in [2.05, 4.69) is 27.3 Å². The molecule has 3 rings (SSSR count). The minimum absolute atomic E-state index is 0. The summed E-state index contributed by atoms with van der Waals surface area (Å²) in [6, 6.07) is 7.42. The number of rotatable bonds is 5. The largest absolute Gasteiger partial charge is 1.00 e. The number of nitrogen functional groups attached to an aromatic ring is 2. The predicted molar refractivity (Wildman–Crippen MR) is 125 cm³/mol. The lowest BCUT2D eigenvalue weighted by atomic mass is 10.0. The molecule has 1 saturated heterocycles. The Balaban J connectivity index is 0.00000408. The van der Waals surface area contributed by atoms with Crippen molar-refractivity contribution in [3.8, 4) is 0 Å². The lowest BCUT2D eigenvalue weighted by molar-refractivity contribution is -0.927. The number of quaternary nitrogens is 1. The highest BCUT2D eigenvalue weighted by Crippen LogP contribution is 2.22. The van der Waals surface area contributed by atoms with Crippen LogP contribution >= 0.6 is 11.6 Å². The van der Waals surface area contributed by atoms with Crippen LogP contribution < -0.4 is 34.9 Å². The molecule has 13 heteroatoms. The number of likely N-dealkylation sites (N-methyl/N-ethyl adjacent to an activating group) is 1. The van der Waals surface area contributed by atoms with Crippen LogP contribution in [-0.4, -0.2) is 65.6 Å². The van der Waals surface area contributed by atoms with E-state index in [1.807, 2.05) is 18.2 Å². The zero-order valence-corrected chi connectivity index (χ0v) is 20.4. The molecule has 1 aliphatic heterocycles. The zero-order valence-electron chi connectivity index (χ0n) is 18.9. The van der Waals surface area contributed by atoms with E-state index in [1.165, 1.54) is 7.11 Å². The summed E-state index contributed by atoms with van der Waals surface area (Å²) in [6.45, 7) is 2.45. The fraction of sp³-hybridized carbons (Fsp3) is 0.381. The number of hydrogen-bond donors (Lipinski definition) is 4. The van der Waals surface area contributed by atoms with Gasteiger partial charge in [-0.05, 0) is 25.0 Å². The van der Waals surface area contributed by atoms with Gasteiger partial charge in [-0.15, -0.1) is 0 Å². The molecular formula is C21H28Cl2N8O3. The summed E-state index contributed by atoms with van der Waals surface area (Å²) in [7, 11) is 3.51. The summed E-state index contributed by atoms with van der Waals surface area (Å²) in [5.74, 6) is -1.41. The Morgan fingerprint density at radius 3 is 2.74 bits per heavy atom. The van der Waals surface area contributed by atoms with Gasteiger partial charge in [-0.1, -0.05) is 23.7 Å². The maximum atomic E-state index is 12.4. The summed E-state index contributed by atoms with van der Waals surface area (Å²) in [5.41, 5.74) is 18.6. The van der Waals surface area contributed by atoms with E-state index in [1.54, 1.807) is 6.07 Å². The molecule has 2 aromatic rings. The monoisotopic (exact) mass is 510 g/mol. The Morgan fingerprint density at radius 1 is 1.29 bits per heavy atom. The number of aliphatic imine (C=N–C) groups is 1. The van der Waals surface area contributed by atoms with Gasteiger partial charge in [0.15, 0.2) is 28.4 Å². The van der Waals surface area contributed by atoms with E-state index in [9.17, 15) is 9.59 Å². The third-order valence-electron chi connectivity index (χ3n) is 5.51. The average Bonchev–Trinajstić information content (AvgIpc) is 2.75. The Kier molecular flexibility index (Phi) is 9.02. The molecule has 2 atom stereocenters. The molecule has 1 aliphatic rings. The molecule has 0 spiro atoms. The number of carbonyl (C=O) groups excluding carboxylic acids is 2. The molecule has 2 heterocycles. The fourth-order valence-electron chi connectivity index (χ4n) is 4.05. The number of amides is 1. The number of nitrogens with two attached hydrogens (primary N) is 3. The molecule has 34 heavy (non-hydrogen) atoms. The lowest BCUT2D eigenvalue weighted by Crippen LogP contribution is -3.00.